The highest BCUT2D eigenvalue weighted by atomic mass is 14.9. The van der Waals surface area contributed by atoms with Gasteiger partial charge in [-0.1, -0.05) is 25.7 Å². The van der Waals surface area contributed by atoms with Crippen molar-refractivity contribution in [3.63, 3.8) is 0 Å². The number of hydrogen-bond donors (Lipinski definition) is 1. The second-order valence-corrected chi connectivity index (χ2v) is 6.68. The summed E-state index contributed by atoms with van der Waals surface area (Å²) in [6, 6.07) is 0. The van der Waals surface area contributed by atoms with Crippen molar-refractivity contribution in [2.75, 3.05) is 6.54 Å². The van der Waals surface area contributed by atoms with Crippen LogP contribution in [-0.2, 0) is 0 Å². The van der Waals surface area contributed by atoms with Crippen LogP contribution >= 0.6 is 0 Å². The van der Waals surface area contributed by atoms with Crippen LogP contribution in [0, 0.1) is 17.8 Å². The lowest BCUT2D eigenvalue weighted by atomic mass is 9.86. The molecule has 0 radical (unpaired) electrons. The van der Waals surface area contributed by atoms with E-state index < -0.39 is 0 Å². The smallest absolute Gasteiger partial charge is 0.00966 e. The Bertz CT molecular complexity index is 194. The van der Waals surface area contributed by atoms with E-state index in [1.807, 2.05) is 0 Å². The molecule has 2 aliphatic carbocycles. The molecule has 1 unspecified atom stereocenters. The molecule has 0 saturated heterocycles. The highest BCUT2D eigenvalue weighted by Gasteiger charge is 2.37. The Labute approximate surface area is 95.0 Å². The maximum atomic E-state index is 3.72. The Kier molecular flexibility index (Phi) is 3.39. The average molecular weight is 209 g/mol. The largest absolute Gasteiger partial charge is 0.312 e. The number of nitrogens with one attached hydrogen (secondary N) is 1. The van der Waals surface area contributed by atoms with Crippen molar-refractivity contribution in [1.29, 1.82) is 0 Å². The molecule has 0 aromatic heterocycles. The summed E-state index contributed by atoms with van der Waals surface area (Å²) >= 11 is 0. The monoisotopic (exact) mass is 209 g/mol. The molecular weight excluding hydrogens is 182 g/mol. The van der Waals surface area contributed by atoms with Gasteiger partial charge in [-0.3, -0.25) is 0 Å². The van der Waals surface area contributed by atoms with Crippen LogP contribution < -0.4 is 5.32 Å². The molecule has 2 rings (SSSR count). The summed E-state index contributed by atoms with van der Waals surface area (Å²) in [5.41, 5.74) is 0.297. The van der Waals surface area contributed by atoms with Crippen LogP contribution in [-0.4, -0.2) is 12.1 Å². The predicted molar refractivity (Wildman–Crippen MR) is 65.9 cm³/mol. The zero-order valence-electron chi connectivity index (χ0n) is 10.7. The van der Waals surface area contributed by atoms with Gasteiger partial charge in [-0.05, 0) is 57.9 Å². The Morgan fingerprint density at radius 2 is 1.53 bits per heavy atom. The van der Waals surface area contributed by atoms with Gasteiger partial charge >= 0.3 is 0 Å². The van der Waals surface area contributed by atoms with Crippen LogP contribution in [0.1, 0.15) is 59.3 Å². The summed E-state index contributed by atoms with van der Waals surface area (Å²) in [6.07, 6.45) is 9.01. The standard InChI is InChI=1S/C14H27N/c1-14(2,3)15-10-13(12-8-9-12)11-6-4-5-7-11/h11-13,15H,4-10H2,1-3H3. The molecule has 0 heterocycles. The van der Waals surface area contributed by atoms with Crippen molar-refractivity contribution in [3.8, 4) is 0 Å². The van der Waals surface area contributed by atoms with Crippen LogP contribution in [0.2, 0.25) is 0 Å². The molecular formula is C14H27N. The summed E-state index contributed by atoms with van der Waals surface area (Å²) in [7, 11) is 0. The van der Waals surface area contributed by atoms with Gasteiger partial charge in [0.25, 0.3) is 0 Å². The molecule has 88 valence electrons. The van der Waals surface area contributed by atoms with Gasteiger partial charge in [0.2, 0.25) is 0 Å². The number of hydrogen-bond acceptors (Lipinski definition) is 1. The lowest BCUT2D eigenvalue weighted by molar-refractivity contribution is 0.260. The quantitative estimate of drug-likeness (QED) is 0.746. The van der Waals surface area contributed by atoms with Crippen molar-refractivity contribution in [2.24, 2.45) is 17.8 Å². The molecule has 2 fully saturated rings. The molecule has 1 atom stereocenters. The van der Waals surface area contributed by atoms with E-state index in [0.717, 1.165) is 17.8 Å². The maximum Gasteiger partial charge on any atom is 0.00966 e. The van der Waals surface area contributed by atoms with Crippen LogP contribution in [0.25, 0.3) is 0 Å². The molecule has 2 saturated carbocycles. The van der Waals surface area contributed by atoms with Gasteiger partial charge in [-0.25, -0.2) is 0 Å². The van der Waals surface area contributed by atoms with Gasteiger partial charge in [0, 0.05) is 5.54 Å². The second kappa shape index (κ2) is 4.45. The first-order valence-corrected chi connectivity index (χ1v) is 6.81. The van der Waals surface area contributed by atoms with E-state index in [1.54, 1.807) is 0 Å². The molecule has 1 N–H and O–H groups in total. The highest BCUT2D eigenvalue weighted by Crippen LogP contribution is 2.45. The van der Waals surface area contributed by atoms with E-state index in [4.69, 9.17) is 0 Å². The van der Waals surface area contributed by atoms with Gasteiger partial charge in [0.15, 0.2) is 0 Å². The van der Waals surface area contributed by atoms with Crippen molar-refractivity contribution in [1.82, 2.24) is 5.32 Å². The van der Waals surface area contributed by atoms with Gasteiger partial charge in [-0.2, -0.15) is 0 Å². The van der Waals surface area contributed by atoms with Crippen molar-refractivity contribution in [2.45, 2.75) is 64.8 Å². The summed E-state index contributed by atoms with van der Waals surface area (Å²) in [5, 5.41) is 3.72. The van der Waals surface area contributed by atoms with Crippen molar-refractivity contribution >= 4 is 0 Å². The fourth-order valence-corrected chi connectivity index (χ4v) is 3.05. The van der Waals surface area contributed by atoms with E-state index in [1.165, 1.54) is 45.1 Å². The second-order valence-electron chi connectivity index (χ2n) is 6.68. The molecule has 0 spiro atoms. The normalized spacial score (nSPS) is 25.8. The Morgan fingerprint density at radius 1 is 1.00 bits per heavy atom. The molecule has 0 aromatic rings. The van der Waals surface area contributed by atoms with E-state index in [-0.39, 0.29) is 0 Å². The lowest BCUT2D eigenvalue weighted by Crippen LogP contribution is -2.41. The van der Waals surface area contributed by atoms with Crippen LogP contribution in [0.5, 0.6) is 0 Å². The van der Waals surface area contributed by atoms with Crippen LogP contribution in [0.3, 0.4) is 0 Å². The Balaban J connectivity index is 1.83. The minimum absolute atomic E-state index is 0.297. The topological polar surface area (TPSA) is 12.0 Å². The van der Waals surface area contributed by atoms with E-state index in [0.29, 0.717) is 5.54 Å². The Hall–Kier alpha value is -0.0400. The Morgan fingerprint density at radius 3 is 2.00 bits per heavy atom. The van der Waals surface area contributed by atoms with Crippen LogP contribution in [0.15, 0.2) is 0 Å². The summed E-state index contributed by atoms with van der Waals surface area (Å²) in [5.74, 6) is 3.11. The molecule has 1 nitrogen and oxygen atoms in total. The molecule has 15 heavy (non-hydrogen) atoms. The molecule has 0 aliphatic heterocycles. The third-order valence-electron chi connectivity index (χ3n) is 4.10. The highest BCUT2D eigenvalue weighted by molar-refractivity contribution is 4.90. The van der Waals surface area contributed by atoms with Gasteiger partial charge in [0.1, 0.15) is 0 Å². The van der Waals surface area contributed by atoms with E-state index in [9.17, 15) is 0 Å². The summed E-state index contributed by atoms with van der Waals surface area (Å²) < 4.78 is 0. The van der Waals surface area contributed by atoms with E-state index in [2.05, 4.69) is 26.1 Å². The summed E-state index contributed by atoms with van der Waals surface area (Å²) in [4.78, 5) is 0. The van der Waals surface area contributed by atoms with Crippen LogP contribution in [0.4, 0.5) is 0 Å². The first kappa shape index (κ1) is 11.4. The van der Waals surface area contributed by atoms with Gasteiger partial charge in [-0.15, -0.1) is 0 Å². The maximum absolute atomic E-state index is 3.72. The molecule has 1 heteroatoms. The minimum Gasteiger partial charge on any atom is -0.312 e. The zero-order chi connectivity index (χ0) is 10.9. The molecule has 0 amide bonds. The number of rotatable bonds is 4. The fraction of sp³-hybridized carbons (Fsp3) is 1.00. The lowest BCUT2D eigenvalue weighted by Gasteiger charge is -2.29. The minimum atomic E-state index is 0.297. The van der Waals surface area contributed by atoms with E-state index >= 15 is 0 Å². The van der Waals surface area contributed by atoms with Crippen molar-refractivity contribution < 1.29 is 0 Å². The van der Waals surface area contributed by atoms with Gasteiger partial charge < -0.3 is 5.32 Å². The third-order valence-corrected chi connectivity index (χ3v) is 4.10. The molecule has 0 aromatic carbocycles. The van der Waals surface area contributed by atoms with Crippen molar-refractivity contribution in [3.05, 3.63) is 0 Å². The zero-order valence-corrected chi connectivity index (χ0v) is 10.7. The van der Waals surface area contributed by atoms with Gasteiger partial charge in [0.05, 0.1) is 0 Å². The average Bonchev–Trinajstić information content (AvgIpc) is 2.80. The molecule has 0 bridgehead atoms. The first-order valence-electron chi connectivity index (χ1n) is 6.81. The first-order chi connectivity index (χ1) is 7.06. The fourth-order valence-electron chi connectivity index (χ4n) is 3.05. The third kappa shape index (κ3) is 3.48. The molecule has 2 aliphatic rings. The summed E-state index contributed by atoms with van der Waals surface area (Å²) in [6.45, 7) is 8.11. The SMILES string of the molecule is CC(C)(C)NCC(C1CCCC1)C1CC1. The predicted octanol–water partition coefficient (Wildman–Crippen LogP) is 3.59.